The molecule has 32 heavy (non-hydrogen) atoms. The van der Waals surface area contributed by atoms with Crippen LogP contribution in [0.2, 0.25) is 0 Å². The number of carbonyl (C=O) groups excluding carboxylic acids is 2. The Morgan fingerprint density at radius 2 is 1.53 bits per heavy atom. The minimum atomic E-state index is -0.706. The first kappa shape index (κ1) is 19.9. The van der Waals surface area contributed by atoms with Crippen molar-refractivity contribution in [3.63, 3.8) is 0 Å². The van der Waals surface area contributed by atoms with Crippen LogP contribution in [0.5, 0.6) is 11.5 Å². The lowest BCUT2D eigenvalue weighted by molar-refractivity contribution is -0.140. The van der Waals surface area contributed by atoms with Gasteiger partial charge in [0.1, 0.15) is 19.0 Å². The highest BCUT2D eigenvalue weighted by molar-refractivity contribution is 6.46. The maximum atomic E-state index is 13.1. The summed E-state index contributed by atoms with van der Waals surface area (Å²) < 4.78 is 11.2. The van der Waals surface area contributed by atoms with Crippen molar-refractivity contribution in [1.82, 2.24) is 4.90 Å². The SMILES string of the molecule is O=C1C(=O)N(Cc2ccccc2)C(c2ccccc2)/C1=C(\O)c1ccc2c(c1)OCCO2. The molecule has 2 aliphatic rings. The summed E-state index contributed by atoms with van der Waals surface area (Å²) in [6.07, 6.45) is 0. The molecule has 1 N–H and O–H groups in total. The summed E-state index contributed by atoms with van der Waals surface area (Å²) >= 11 is 0. The number of amides is 1. The Bertz CT molecular complexity index is 1200. The molecule has 1 fully saturated rings. The summed E-state index contributed by atoms with van der Waals surface area (Å²) in [6, 6.07) is 23.0. The van der Waals surface area contributed by atoms with Crippen molar-refractivity contribution < 1.29 is 24.2 Å². The number of fused-ring (bicyclic) bond motifs is 1. The van der Waals surface area contributed by atoms with Gasteiger partial charge in [0.25, 0.3) is 11.7 Å². The van der Waals surface area contributed by atoms with Gasteiger partial charge in [-0.2, -0.15) is 0 Å². The summed E-state index contributed by atoms with van der Waals surface area (Å²) in [5, 5.41) is 11.2. The molecule has 0 aromatic heterocycles. The van der Waals surface area contributed by atoms with Gasteiger partial charge in [0.2, 0.25) is 0 Å². The van der Waals surface area contributed by atoms with E-state index in [-0.39, 0.29) is 17.9 Å². The van der Waals surface area contributed by atoms with Crippen molar-refractivity contribution in [2.45, 2.75) is 12.6 Å². The number of Topliss-reactive ketones (excluding diaryl/α,β-unsaturated/α-hetero) is 1. The van der Waals surface area contributed by atoms with E-state index in [0.717, 1.165) is 11.1 Å². The number of benzene rings is 3. The molecule has 0 spiro atoms. The lowest BCUT2D eigenvalue weighted by atomic mass is 9.95. The fraction of sp³-hybridized carbons (Fsp3) is 0.154. The van der Waals surface area contributed by atoms with Crippen LogP contribution in [0.1, 0.15) is 22.7 Å². The number of aliphatic hydroxyl groups is 1. The molecule has 3 aromatic carbocycles. The second-order valence-corrected chi connectivity index (χ2v) is 7.68. The molecule has 0 bridgehead atoms. The van der Waals surface area contributed by atoms with Crippen LogP contribution in [0.3, 0.4) is 0 Å². The zero-order valence-electron chi connectivity index (χ0n) is 17.2. The summed E-state index contributed by atoms with van der Waals surface area (Å²) in [7, 11) is 0. The van der Waals surface area contributed by atoms with Crippen molar-refractivity contribution in [3.8, 4) is 11.5 Å². The van der Waals surface area contributed by atoms with Gasteiger partial charge in [-0.15, -0.1) is 0 Å². The van der Waals surface area contributed by atoms with Gasteiger partial charge in [0.05, 0.1) is 11.6 Å². The van der Waals surface area contributed by atoms with Crippen molar-refractivity contribution in [1.29, 1.82) is 0 Å². The standard InChI is InChI=1S/C26H21NO5/c28-24(19-11-12-20-21(15-19)32-14-13-31-20)22-23(18-9-5-2-6-10-18)27(26(30)25(22)29)16-17-7-3-1-4-8-17/h1-12,15,23,28H,13-14,16H2/b24-22+. The highest BCUT2D eigenvalue weighted by Crippen LogP contribution is 2.41. The zero-order chi connectivity index (χ0) is 22.1. The van der Waals surface area contributed by atoms with Crippen molar-refractivity contribution in [3.05, 3.63) is 101 Å². The maximum absolute atomic E-state index is 13.1. The summed E-state index contributed by atoms with van der Waals surface area (Å²) in [5.74, 6) is -0.499. The molecule has 0 radical (unpaired) electrons. The van der Waals surface area contributed by atoms with Crippen molar-refractivity contribution in [2.75, 3.05) is 13.2 Å². The van der Waals surface area contributed by atoms with Crippen molar-refractivity contribution >= 4 is 17.4 Å². The van der Waals surface area contributed by atoms with Gasteiger partial charge in [-0.1, -0.05) is 60.7 Å². The first-order valence-corrected chi connectivity index (χ1v) is 10.4. The van der Waals surface area contributed by atoms with E-state index in [9.17, 15) is 14.7 Å². The molecule has 0 aliphatic carbocycles. The molecule has 1 saturated heterocycles. The molecular formula is C26H21NO5. The van der Waals surface area contributed by atoms with E-state index in [1.54, 1.807) is 18.2 Å². The smallest absolute Gasteiger partial charge is 0.295 e. The molecule has 160 valence electrons. The van der Waals surface area contributed by atoms with Gasteiger partial charge in [-0.25, -0.2) is 0 Å². The predicted octanol–water partition coefficient (Wildman–Crippen LogP) is 4.08. The molecular weight excluding hydrogens is 406 g/mol. The van der Waals surface area contributed by atoms with Crippen LogP contribution < -0.4 is 9.47 Å². The second-order valence-electron chi connectivity index (χ2n) is 7.68. The van der Waals surface area contributed by atoms with Crippen LogP contribution in [0, 0.1) is 0 Å². The summed E-state index contributed by atoms with van der Waals surface area (Å²) in [6.45, 7) is 1.11. The fourth-order valence-corrected chi connectivity index (χ4v) is 4.15. The maximum Gasteiger partial charge on any atom is 0.295 e. The third-order valence-electron chi connectivity index (χ3n) is 5.67. The van der Waals surface area contributed by atoms with Gasteiger partial charge in [0, 0.05) is 12.1 Å². The van der Waals surface area contributed by atoms with E-state index >= 15 is 0 Å². The van der Waals surface area contributed by atoms with Crippen LogP contribution in [0.15, 0.2) is 84.4 Å². The number of ether oxygens (including phenoxy) is 2. The Labute approximate surface area is 185 Å². The molecule has 3 aromatic rings. The topological polar surface area (TPSA) is 76.1 Å². The lowest BCUT2D eigenvalue weighted by Gasteiger charge is -2.25. The Morgan fingerprint density at radius 3 is 2.25 bits per heavy atom. The third kappa shape index (κ3) is 3.50. The van der Waals surface area contributed by atoms with E-state index in [1.165, 1.54) is 4.90 Å². The van der Waals surface area contributed by atoms with Crippen LogP contribution >= 0.6 is 0 Å². The number of ketones is 1. The average molecular weight is 427 g/mol. The van der Waals surface area contributed by atoms with E-state index < -0.39 is 17.7 Å². The van der Waals surface area contributed by atoms with Crippen molar-refractivity contribution in [2.24, 2.45) is 0 Å². The zero-order valence-corrected chi connectivity index (χ0v) is 17.2. The number of aliphatic hydroxyl groups excluding tert-OH is 1. The first-order valence-electron chi connectivity index (χ1n) is 10.4. The number of carbonyl (C=O) groups is 2. The molecule has 6 nitrogen and oxygen atoms in total. The summed E-state index contributed by atoms with van der Waals surface area (Å²) in [4.78, 5) is 27.7. The predicted molar refractivity (Wildman–Crippen MR) is 118 cm³/mol. The second kappa shape index (κ2) is 8.23. The van der Waals surface area contributed by atoms with Gasteiger partial charge in [-0.05, 0) is 29.3 Å². The normalized spacial score (nSPS) is 19.2. The van der Waals surface area contributed by atoms with E-state index in [2.05, 4.69) is 0 Å². The number of nitrogens with zero attached hydrogens (tertiary/aromatic N) is 1. The van der Waals surface area contributed by atoms with Crippen LogP contribution in [0.4, 0.5) is 0 Å². The molecule has 0 saturated carbocycles. The molecule has 2 aliphatic heterocycles. The fourth-order valence-electron chi connectivity index (χ4n) is 4.15. The minimum Gasteiger partial charge on any atom is -0.507 e. The summed E-state index contributed by atoms with van der Waals surface area (Å²) in [5.41, 5.74) is 2.11. The van der Waals surface area contributed by atoms with Crippen LogP contribution in [-0.4, -0.2) is 34.9 Å². The Hall–Kier alpha value is -4.06. The number of likely N-dealkylation sites (tertiary alicyclic amines) is 1. The Balaban J connectivity index is 1.62. The van der Waals surface area contributed by atoms with Gasteiger partial charge < -0.3 is 19.5 Å². The average Bonchev–Trinajstić information content (AvgIpc) is 3.09. The molecule has 1 atom stereocenters. The highest BCUT2D eigenvalue weighted by atomic mass is 16.6. The molecule has 6 heteroatoms. The van der Waals surface area contributed by atoms with E-state index in [1.807, 2.05) is 60.7 Å². The molecule has 1 unspecified atom stereocenters. The number of rotatable bonds is 4. The van der Waals surface area contributed by atoms with Crippen LogP contribution in [0.25, 0.3) is 5.76 Å². The largest absolute Gasteiger partial charge is 0.507 e. The van der Waals surface area contributed by atoms with Crippen LogP contribution in [-0.2, 0) is 16.1 Å². The number of hydrogen-bond donors (Lipinski definition) is 1. The monoisotopic (exact) mass is 427 g/mol. The lowest BCUT2D eigenvalue weighted by Crippen LogP contribution is -2.29. The first-order chi connectivity index (χ1) is 15.6. The molecule has 5 rings (SSSR count). The van der Waals surface area contributed by atoms with E-state index in [4.69, 9.17) is 9.47 Å². The number of hydrogen-bond acceptors (Lipinski definition) is 5. The minimum absolute atomic E-state index is 0.0637. The van der Waals surface area contributed by atoms with Gasteiger partial charge >= 0.3 is 0 Å². The third-order valence-corrected chi connectivity index (χ3v) is 5.67. The molecule has 2 heterocycles. The highest BCUT2D eigenvalue weighted by Gasteiger charge is 2.46. The quantitative estimate of drug-likeness (QED) is 0.386. The van der Waals surface area contributed by atoms with E-state index in [0.29, 0.717) is 30.3 Å². The molecule has 1 amide bonds. The Kier molecular flexibility index (Phi) is 5.11. The van der Waals surface area contributed by atoms with Gasteiger partial charge in [-0.3, -0.25) is 9.59 Å². The Morgan fingerprint density at radius 1 is 0.875 bits per heavy atom. The van der Waals surface area contributed by atoms with Gasteiger partial charge in [0.15, 0.2) is 11.5 Å².